The van der Waals surface area contributed by atoms with Crippen LogP contribution < -0.4 is 0 Å². The Morgan fingerprint density at radius 2 is 2.15 bits per heavy atom. The Morgan fingerprint density at radius 3 is 2.70 bits per heavy atom. The molecular weight excluding hydrogens is 270 g/mol. The van der Waals surface area contributed by atoms with Crippen LogP contribution in [0.5, 0.6) is 0 Å². The number of benzene rings is 1. The lowest BCUT2D eigenvalue weighted by Gasteiger charge is -2.20. The maximum absolute atomic E-state index is 9.24. The molecule has 1 heterocycles. The minimum atomic E-state index is -0.167. The summed E-state index contributed by atoms with van der Waals surface area (Å²) in [5, 5.41) is 9.07. The third kappa shape index (κ3) is 2.53. The number of hydrogen-bond donors (Lipinski definition) is 0. The molecule has 106 valence electrons. The van der Waals surface area contributed by atoms with Crippen LogP contribution in [0.4, 0.5) is 0 Å². The summed E-state index contributed by atoms with van der Waals surface area (Å²) in [4.78, 5) is 4.64. The van der Waals surface area contributed by atoms with Gasteiger partial charge in [-0.1, -0.05) is 26.3 Å². The molecule has 2 rings (SSSR count). The fourth-order valence-corrected chi connectivity index (χ4v) is 2.89. The number of fused-ring (bicyclic) bond motifs is 1. The van der Waals surface area contributed by atoms with Crippen molar-refractivity contribution in [3.8, 4) is 6.07 Å². The van der Waals surface area contributed by atoms with E-state index in [9.17, 15) is 5.26 Å². The molecule has 0 radical (unpaired) electrons. The number of halogens is 1. The Balaban J connectivity index is 2.73. The van der Waals surface area contributed by atoms with Gasteiger partial charge in [0.15, 0.2) is 0 Å². The first-order valence-electron chi connectivity index (χ1n) is 7.19. The summed E-state index contributed by atoms with van der Waals surface area (Å²) >= 11 is 6.31. The molecule has 20 heavy (non-hydrogen) atoms. The molecule has 0 spiro atoms. The van der Waals surface area contributed by atoms with Gasteiger partial charge < -0.3 is 4.57 Å². The minimum Gasteiger partial charge on any atom is -0.324 e. The third-order valence-corrected chi connectivity index (χ3v) is 3.88. The van der Waals surface area contributed by atoms with Crippen molar-refractivity contribution in [3.05, 3.63) is 29.6 Å². The number of hydrogen-bond acceptors (Lipinski definition) is 2. The quantitative estimate of drug-likeness (QED) is 0.730. The van der Waals surface area contributed by atoms with Crippen LogP contribution in [0.2, 0.25) is 0 Å². The van der Waals surface area contributed by atoms with Crippen LogP contribution in [0.15, 0.2) is 18.2 Å². The molecule has 0 N–H and O–H groups in total. The molecule has 0 fully saturated rings. The van der Waals surface area contributed by atoms with E-state index in [0.717, 1.165) is 36.1 Å². The molecule has 4 heteroatoms. The Labute approximate surface area is 125 Å². The van der Waals surface area contributed by atoms with Gasteiger partial charge in [0.25, 0.3) is 0 Å². The first-order chi connectivity index (χ1) is 9.63. The molecular formula is C16H20ClN3. The fourth-order valence-electron chi connectivity index (χ4n) is 2.74. The highest BCUT2D eigenvalue weighted by Crippen LogP contribution is 2.32. The molecule has 1 aromatic carbocycles. The number of para-hydroxylation sites is 1. The zero-order valence-electron chi connectivity index (χ0n) is 12.2. The second-order valence-corrected chi connectivity index (χ2v) is 5.75. The predicted octanol–water partition coefficient (Wildman–Crippen LogP) is 4.96. The minimum absolute atomic E-state index is 0.167. The van der Waals surface area contributed by atoms with Crippen molar-refractivity contribution in [1.29, 1.82) is 5.26 Å². The SMILES string of the molecule is CCCC(CC)n1c(C(C)Cl)nc2c(C#N)cccc21. The van der Waals surface area contributed by atoms with Crippen molar-refractivity contribution in [2.75, 3.05) is 0 Å². The van der Waals surface area contributed by atoms with Gasteiger partial charge in [0.2, 0.25) is 0 Å². The van der Waals surface area contributed by atoms with Crippen LogP contribution >= 0.6 is 11.6 Å². The van der Waals surface area contributed by atoms with Crippen LogP contribution in [-0.2, 0) is 0 Å². The molecule has 3 nitrogen and oxygen atoms in total. The van der Waals surface area contributed by atoms with Gasteiger partial charge in [-0.15, -0.1) is 11.6 Å². The van der Waals surface area contributed by atoms with Crippen molar-refractivity contribution in [2.24, 2.45) is 0 Å². The molecule has 0 aliphatic rings. The summed E-state index contributed by atoms with van der Waals surface area (Å²) in [5.74, 6) is 0.865. The van der Waals surface area contributed by atoms with E-state index in [1.54, 1.807) is 0 Å². The maximum atomic E-state index is 9.24. The average molecular weight is 290 g/mol. The van der Waals surface area contributed by atoms with Gasteiger partial charge in [0.1, 0.15) is 17.4 Å². The number of nitrogens with zero attached hydrogens (tertiary/aromatic N) is 3. The summed E-state index contributed by atoms with van der Waals surface area (Å²) in [5.41, 5.74) is 2.41. The van der Waals surface area contributed by atoms with Gasteiger partial charge in [-0.05, 0) is 31.9 Å². The highest BCUT2D eigenvalue weighted by Gasteiger charge is 2.21. The smallest absolute Gasteiger partial charge is 0.128 e. The van der Waals surface area contributed by atoms with Crippen LogP contribution in [0.25, 0.3) is 11.0 Å². The highest BCUT2D eigenvalue weighted by atomic mass is 35.5. The highest BCUT2D eigenvalue weighted by molar-refractivity contribution is 6.20. The summed E-state index contributed by atoms with van der Waals surface area (Å²) < 4.78 is 2.23. The fraction of sp³-hybridized carbons (Fsp3) is 0.500. The lowest BCUT2D eigenvalue weighted by atomic mass is 10.1. The average Bonchev–Trinajstić information content (AvgIpc) is 2.84. The molecule has 2 atom stereocenters. The van der Waals surface area contributed by atoms with E-state index in [2.05, 4.69) is 29.5 Å². The second-order valence-electron chi connectivity index (χ2n) is 5.09. The van der Waals surface area contributed by atoms with Crippen molar-refractivity contribution in [1.82, 2.24) is 9.55 Å². The zero-order chi connectivity index (χ0) is 14.7. The van der Waals surface area contributed by atoms with E-state index in [-0.39, 0.29) is 5.38 Å². The van der Waals surface area contributed by atoms with Crippen LogP contribution in [-0.4, -0.2) is 9.55 Å². The Morgan fingerprint density at radius 1 is 1.40 bits per heavy atom. The topological polar surface area (TPSA) is 41.6 Å². The largest absolute Gasteiger partial charge is 0.324 e. The summed E-state index contributed by atoms with van der Waals surface area (Å²) in [6.45, 7) is 6.30. The Hall–Kier alpha value is -1.53. The van der Waals surface area contributed by atoms with Crippen molar-refractivity contribution in [2.45, 2.75) is 51.5 Å². The Bertz CT molecular complexity index is 637. The molecule has 1 aromatic heterocycles. The molecule has 0 aliphatic carbocycles. The number of imidazole rings is 1. The first kappa shape index (κ1) is 14.9. The van der Waals surface area contributed by atoms with E-state index in [1.165, 1.54) is 0 Å². The van der Waals surface area contributed by atoms with Gasteiger partial charge in [0, 0.05) is 6.04 Å². The van der Waals surface area contributed by atoms with Gasteiger partial charge in [0.05, 0.1) is 16.5 Å². The molecule has 0 saturated heterocycles. The van der Waals surface area contributed by atoms with Gasteiger partial charge in [-0.25, -0.2) is 4.98 Å². The van der Waals surface area contributed by atoms with E-state index in [4.69, 9.17) is 11.6 Å². The standard InChI is InChI=1S/C16H20ClN3/c1-4-7-13(5-2)20-14-9-6-8-12(10-18)15(14)19-16(20)11(3)17/h6,8-9,11,13H,4-5,7H2,1-3H3. The predicted molar refractivity (Wildman–Crippen MR) is 83.0 cm³/mol. The zero-order valence-corrected chi connectivity index (χ0v) is 13.0. The van der Waals surface area contributed by atoms with E-state index in [0.29, 0.717) is 11.6 Å². The Kier molecular flexibility index (Phi) is 4.67. The van der Waals surface area contributed by atoms with E-state index in [1.807, 2.05) is 25.1 Å². The van der Waals surface area contributed by atoms with Crippen molar-refractivity contribution in [3.63, 3.8) is 0 Å². The third-order valence-electron chi connectivity index (χ3n) is 3.68. The first-order valence-corrected chi connectivity index (χ1v) is 7.62. The molecule has 0 saturated carbocycles. The monoisotopic (exact) mass is 289 g/mol. The number of alkyl halides is 1. The van der Waals surface area contributed by atoms with Crippen molar-refractivity contribution < 1.29 is 0 Å². The summed E-state index contributed by atoms with van der Waals surface area (Å²) in [6.07, 6.45) is 3.24. The van der Waals surface area contributed by atoms with E-state index >= 15 is 0 Å². The second kappa shape index (κ2) is 6.28. The van der Waals surface area contributed by atoms with Gasteiger partial charge in [-0.3, -0.25) is 0 Å². The van der Waals surface area contributed by atoms with E-state index < -0.39 is 0 Å². The molecule has 0 amide bonds. The lowest BCUT2D eigenvalue weighted by Crippen LogP contribution is -2.12. The number of aromatic nitrogens is 2. The van der Waals surface area contributed by atoms with Crippen molar-refractivity contribution >= 4 is 22.6 Å². The molecule has 0 bridgehead atoms. The molecule has 2 aromatic rings. The normalized spacial score (nSPS) is 14.2. The van der Waals surface area contributed by atoms with Gasteiger partial charge >= 0.3 is 0 Å². The lowest BCUT2D eigenvalue weighted by molar-refractivity contribution is 0.444. The van der Waals surface area contributed by atoms with Crippen LogP contribution in [0, 0.1) is 11.3 Å². The van der Waals surface area contributed by atoms with Gasteiger partial charge in [-0.2, -0.15) is 5.26 Å². The summed E-state index contributed by atoms with van der Waals surface area (Å²) in [6, 6.07) is 8.36. The molecule has 0 aliphatic heterocycles. The maximum Gasteiger partial charge on any atom is 0.128 e. The number of rotatable bonds is 5. The van der Waals surface area contributed by atoms with Crippen LogP contribution in [0.1, 0.15) is 62.8 Å². The summed E-state index contributed by atoms with van der Waals surface area (Å²) in [7, 11) is 0. The van der Waals surface area contributed by atoms with Crippen LogP contribution in [0.3, 0.4) is 0 Å². The number of nitriles is 1. The molecule has 2 unspecified atom stereocenters.